The minimum Gasteiger partial charge on any atom is -0.372 e. The predicted octanol–water partition coefficient (Wildman–Crippen LogP) is 4.35. The van der Waals surface area contributed by atoms with Crippen LogP contribution in [0.3, 0.4) is 0 Å². The van der Waals surface area contributed by atoms with Crippen molar-refractivity contribution in [3.8, 4) is 0 Å². The second-order valence-electron chi connectivity index (χ2n) is 6.89. The molecule has 0 amide bonds. The van der Waals surface area contributed by atoms with Crippen LogP contribution in [0.2, 0.25) is 0 Å². The van der Waals surface area contributed by atoms with Crippen LogP contribution in [0.25, 0.3) is 0 Å². The molecule has 1 fully saturated rings. The number of aliphatic imine (C=N–C) groups is 1. The molecule has 6 heteroatoms. The fraction of sp³-hybridized carbons (Fsp3) is 0.650. The van der Waals surface area contributed by atoms with Gasteiger partial charge in [-0.1, -0.05) is 19.1 Å². The van der Waals surface area contributed by atoms with Gasteiger partial charge >= 0.3 is 0 Å². The molecule has 0 bridgehead atoms. The number of benzene rings is 1. The molecule has 26 heavy (non-hydrogen) atoms. The summed E-state index contributed by atoms with van der Waals surface area (Å²) in [7, 11) is 1.83. The van der Waals surface area contributed by atoms with Crippen LogP contribution in [0, 0.1) is 5.92 Å². The van der Waals surface area contributed by atoms with Crippen LogP contribution < -0.4 is 15.5 Å². The van der Waals surface area contributed by atoms with Crippen LogP contribution in [0.4, 0.5) is 5.69 Å². The minimum atomic E-state index is 0. The number of nitrogens with one attached hydrogen (secondary N) is 2. The summed E-state index contributed by atoms with van der Waals surface area (Å²) >= 11 is 1.91. The lowest BCUT2D eigenvalue weighted by Gasteiger charge is -2.32. The van der Waals surface area contributed by atoms with Crippen molar-refractivity contribution in [3.63, 3.8) is 0 Å². The SMILES string of the molecule is CN=C(NCCCCSC)NCc1ccc(N2CCC(C)CC2)cc1.I. The number of hydrogen-bond donors (Lipinski definition) is 2. The van der Waals surface area contributed by atoms with Crippen LogP contribution in [0.15, 0.2) is 29.3 Å². The molecule has 1 saturated heterocycles. The van der Waals surface area contributed by atoms with Gasteiger partial charge < -0.3 is 15.5 Å². The van der Waals surface area contributed by atoms with Gasteiger partial charge in [-0.15, -0.1) is 24.0 Å². The number of piperidine rings is 1. The number of guanidine groups is 1. The standard InChI is InChI=1S/C20H34N4S.HI/c1-17-10-13-24(14-11-17)19-8-6-18(7-9-19)16-23-20(21-2)22-12-4-5-15-25-3;/h6-9,17H,4-5,10-16H2,1-3H3,(H2,21,22,23);1H. The Morgan fingerprint density at radius 2 is 1.85 bits per heavy atom. The van der Waals surface area contributed by atoms with E-state index < -0.39 is 0 Å². The van der Waals surface area contributed by atoms with E-state index in [1.165, 1.54) is 55.8 Å². The highest BCUT2D eigenvalue weighted by molar-refractivity contribution is 14.0. The highest BCUT2D eigenvalue weighted by atomic mass is 127. The summed E-state index contributed by atoms with van der Waals surface area (Å²) in [6, 6.07) is 8.97. The van der Waals surface area contributed by atoms with Crippen molar-refractivity contribution < 1.29 is 0 Å². The maximum atomic E-state index is 4.30. The average Bonchev–Trinajstić information content (AvgIpc) is 2.65. The molecule has 0 aliphatic carbocycles. The zero-order valence-electron chi connectivity index (χ0n) is 16.5. The Morgan fingerprint density at radius 3 is 2.46 bits per heavy atom. The zero-order chi connectivity index (χ0) is 17.9. The van der Waals surface area contributed by atoms with E-state index in [1.807, 2.05) is 18.8 Å². The van der Waals surface area contributed by atoms with E-state index in [1.54, 1.807) is 0 Å². The third-order valence-electron chi connectivity index (χ3n) is 4.84. The average molecular weight is 490 g/mol. The first-order chi connectivity index (χ1) is 12.2. The third-order valence-corrected chi connectivity index (χ3v) is 5.53. The van der Waals surface area contributed by atoms with Crippen LogP contribution in [0.5, 0.6) is 0 Å². The first-order valence-electron chi connectivity index (χ1n) is 9.50. The van der Waals surface area contributed by atoms with Gasteiger partial charge in [0.05, 0.1) is 0 Å². The smallest absolute Gasteiger partial charge is 0.191 e. The van der Waals surface area contributed by atoms with Gasteiger partial charge in [0.25, 0.3) is 0 Å². The van der Waals surface area contributed by atoms with Gasteiger partial charge in [0.15, 0.2) is 5.96 Å². The Morgan fingerprint density at radius 1 is 1.15 bits per heavy atom. The number of hydrogen-bond acceptors (Lipinski definition) is 3. The van der Waals surface area contributed by atoms with E-state index in [4.69, 9.17) is 0 Å². The lowest BCUT2D eigenvalue weighted by atomic mass is 9.99. The van der Waals surface area contributed by atoms with Crippen molar-refractivity contribution in [1.29, 1.82) is 0 Å². The maximum Gasteiger partial charge on any atom is 0.191 e. The number of halogens is 1. The molecule has 2 rings (SSSR count). The molecule has 1 aromatic rings. The Balaban J connectivity index is 0.00000338. The van der Waals surface area contributed by atoms with Crippen molar-refractivity contribution in [2.75, 3.05) is 43.6 Å². The third kappa shape index (κ3) is 8.37. The summed E-state index contributed by atoms with van der Waals surface area (Å²) in [5.74, 6) is 2.99. The lowest BCUT2D eigenvalue weighted by Crippen LogP contribution is -2.37. The van der Waals surface area contributed by atoms with Crippen LogP contribution in [-0.4, -0.2) is 44.7 Å². The molecule has 0 atom stereocenters. The van der Waals surface area contributed by atoms with E-state index in [-0.39, 0.29) is 24.0 Å². The molecule has 1 aromatic carbocycles. The van der Waals surface area contributed by atoms with Gasteiger partial charge in [-0.25, -0.2) is 0 Å². The second-order valence-corrected chi connectivity index (χ2v) is 7.87. The Hall–Kier alpha value is -0.630. The quantitative estimate of drug-likeness (QED) is 0.246. The summed E-state index contributed by atoms with van der Waals surface area (Å²) in [5, 5.41) is 6.79. The summed E-state index contributed by atoms with van der Waals surface area (Å²) in [6.45, 7) is 6.52. The fourth-order valence-electron chi connectivity index (χ4n) is 3.08. The largest absolute Gasteiger partial charge is 0.372 e. The molecule has 0 saturated carbocycles. The van der Waals surface area contributed by atoms with Crippen LogP contribution in [-0.2, 0) is 6.54 Å². The first-order valence-corrected chi connectivity index (χ1v) is 10.9. The summed E-state index contributed by atoms with van der Waals surface area (Å²) in [5.41, 5.74) is 2.64. The molecule has 1 heterocycles. The van der Waals surface area contributed by atoms with E-state index in [9.17, 15) is 0 Å². The highest BCUT2D eigenvalue weighted by Gasteiger charge is 2.15. The van der Waals surface area contributed by atoms with Gasteiger partial charge in [0.1, 0.15) is 0 Å². The molecule has 148 valence electrons. The molecule has 1 aliphatic rings. The Bertz CT molecular complexity index is 513. The first kappa shape index (κ1) is 23.4. The minimum absolute atomic E-state index is 0. The predicted molar refractivity (Wildman–Crippen MR) is 128 cm³/mol. The molecule has 0 aromatic heterocycles. The molecule has 0 radical (unpaired) electrons. The summed E-state index contributed by atoms with van der Waals surface area (Å²) in [4.78, 5) is 6.81. The van der Waals surface area contributed by atoms with E-state index in [0.29, 0.717) is 0 Å². The summed E-state index contributed by atoms with van der Waals surface area (Å²) < 4.78 is 0. The van der Waals surface area contributed by atoms with Crippen molar-refractivity contribution >= 4 is 47.4 Å². The second kappa shape index (κ2) is 13.5. The van der Waals surface area contributed by atoms with E-state index >= 15 is 0 Å². The lowest BCUT2D eigenvalue weighted by molar-refractivity contribution is 0.438. The van der Waals surface area contributed by atoms with E-state index in [2.05, 4.69) is 58.0 Å². The number of unbranched alkanes of at least 4 members (excludes halogenated alkanes) is 1. The molecule has 4 nitrogen and oxygen atoms in total. The monoisotopic (exact) mass is 490 g/mol. The van der Waals surface area contributed by atoms with Gasteiger partial charge in [0.2, 0.25) is 0 Å². The molecular weight excluding hydrogens is 455 g/mol. The van der Waals surface area contributed by atoms with Crippen LogP contribution in [0.1, 0.15) is 38.2 Å². The molecule has 0 spiro atoms. The van der Waals surface area contributed by atoms with Crippen LogP contribution >= 0.6 is 35.7 Å². The maximum absolute atomic E-state index is 4.30. The van der Waals surface area contributed by atoms with Gasteiger partial charge in [-0.3, -0.25) is 4.99 Å². The van der Waals surface area contributed by atoms with Crippen molar-refractivity contribution in [3.05, 3.63) is 29.8 Å². The van der Waals surface area contributed by atoms with Crippen molar-refractivity contribution in [2.24, 2.45) is 10.9 Å². The van der Waals surface area contributed by atoms with Crippen molar-refractivity contribution in [1.82, 2.24) is 10.6 Å². The topological polar surface area (TPSA) is 39.7 Å². The number of thioether (sulfide) groups is 1. The normalized spacial score (nSPS) is 15.5. The number of rotatable bonds is 8. The highest BCUT2D eigenvalue weighted by Crippen LogP contribution is 2.23. The Kier molecular flexibility index (Phi) is 12.2. The van der Waals surface area contributed by atoms with Gasteiger partial charge in [-0.05, 0) is 61.3 Å². The van der Waals surface area contributed by atoms with Gasteiger partial charge in [0, 0.05) is 38.9 Å². The fourth-order valence-corrected chi connectivity index (χ4v) is 3.57. The number of nitrogens with zero attached hydrogens (tertiary/aromatic N) is 2. The molecule has 2 N–H and O–H groups in total. The molecule has 0 unspecified atom stereocenters. The molecular formula is C20H35IN4S. The summed E-state index contributed by atoms with van der Waals surface area (Å²) in [6.07, 6.45) is 7.21. The van der Waals surface area contributed by atoms with Gasteiger partial charge in [-0.2, -0.15) is 11.8 Å². The van der Waals surface area contributed by atoms with Crippen molar-refractivity contribution in [2.45, 2.75) is 39.2 Å². The Labute approximate surface area is 181 Å². The zero-order valence-corrected chi connectivity index (χ0v) is 19.6. The molecule has 1 aliphatic heterocycles. The number of anilines is 1. The van der Waals surface area contributed by atoms with E-state index in [0.717, 1.165) is 25.0 Å².